The second-order valence-electron chi connectivity index (χ2n) is 5.82. The van der Waals surface area contributed by atoms with Crippen LogP contribution in [0.4, 0.5) is 0 Å². The Labute approximate surface area is 121 Å². The largest absolute Gasteiger partial charge is 0.243 e. The van der Waals surface area contributed by atoms with Crippen LogP contribution in [0.25, 0.3) is 0 Å². The average Bonchev–Trinajstić information content (AvgIpc) is 2.47. The highest BCUT2D eigenvalue weighted by Gasteiger charge is 2.44. The molecule has 2 heterocycles. The van der Waals surface area contributed by atoms with E-state index in [0.29, 0.717) is 10.8 Å². The smallest absolute Gasteiger partial charge is 0.207 e. The van der Waals surface area contributed by atoms with E-state index in [4.69, 9.17) is 0 Å². The summed E-state index contributed by atoms with van der Waals surface area (Å²) in [4.78, 5) is 0.419. The van der Waals surface area contributed by atoms with E-state index < -0.39 is 10.0 Å². The van der Waals surface area contributed by atoms with E-state index in [-0.39, 0.29) is 12.1 Å². The zero-order valence-electron chi connectivity index (χ0n) is 12.0. The van der Waals surface area contributed by atoms with Gasteiger partial charge in [0, 0.05) is 12.1 Å². The lowest BCUT2D eigenvalue weighted by Gasteiger charge is -2.46. The van der Waals surface area contributed by atoms with Crippen molar-refractivity contribution in [2.45, 2.75) is 50.1 Å². The molecular weight excluding hydrogens is 270 g/mol. The number of nitrogens with zero attached hydrogens (tertiary/aromatic N) is 1. The van der Waals surface area contributed by atoms with E-state index in [1.165, 1.54) is 0 Å². The first-order valence-corrected chi connectivity index (χ1v) is 8.76. The molecule has 0 N–H and O–H groups in total. The van der Waals surface area contributed by atoms with Crippen LogP contribution in [-0.2, 0) is 10.0 Å². The number of benzene rings is 1. The summed E-state index contributed by atoms with van der Waals surface area (Å²) in [6.07, 6.45) is 7.22. The van der Waals surface area contributed by atoms with Crippen LogP contribution in [0.3, 0.4) is 0 Å². The summed E-state index contributed by atoms with van der Waals surface area (Å²) in [5.41, 5.74) is 1.08. The summed E-state index contributed by atoms with van der Waals surface area (Å²) < 4.78 is 27.7. The molecular formula is C16H21NO2S. The lowest BCUT2D eigenvalue weighted by molar-refractivity contribution is 0.147. The SMILES string of the molecule is CC[C@@H]1[C@@H]2C=C[C@@H](CC2)N1S(=O)(=O)c1ccc(C)cc1. The van der Waals surface area contributed by atoms with Gasteiger partial charge in [0.05, 0.1) is 4.90 Å². The van der Waals surface area contributed by atoms with Crippen molar-refractivity contribution in [3.05, 3.63) is 42.0 Å². The van der Waals surface area contributed by atoms with E-state index in [0.717, 1.165) is 24.8 Å². The van der Waals surface area contributed by atoms with Crippen LogP contribution in [0, 0.1) is 12.8 Å². The van der Waals surface area contributed by atoms with Crippen molar-refractivity contribution in [3.8, 4) is 0 Å². The molecule has 3 atom stereocenters. The molecule has 3 nitrogen and oxygen atoms in total. The van der Waals surface area contributed by atoms with Gasteiger partial charge in [-0.2, -0.15) is 4.31 Å². The van der Waals surface area contributed by atoms with Crippen molar-refractivity contribution in [1.29, 1.82) is 0 Å². The van der Waals surface area contributed by atoms with Gasteiger partial charge >= 0.3 is 0 Å². The summed E-state index contributed by atoms with van der Waals surface area (Å²) in [5, 5.41) is 0. The lowest BCUT2D eigenvalue weighted by atomic mass is 9.81. The molecule has 0 saturated carbocycles. The highest BCUT2D eigenvalue weighted by atomic mass is 32.2. The number of piperidine rings is 1. The molecule has 0 radical (unpaired) electrons. The highest BCUT2D eigenvalue weighted by Crippen LogP contribution is 2.39. The summed E-state index contributed by atoms with van der Waals surface area (Å²) in [6, 6.07) is 7.34. The monoisotopic (exact) mass is 291 g/mol. The highest BCUT2D eigenvalue weighted by molar-refractivity contribution is 7.89. The number of aryl methyl sites for hydroxylation is 1. The number of hydrogen-bond donors (Lipinski definition) is 0. The van der Waals surface area contributed by atoms with E-state index in [1.807, 2.05) is 19.1 Å². The Morgan fingerprint density at radius 3 is 2.40 bits per heavy atom. The molecule has 108 valence electrons. The third-order valence-corrected chi connectivity index (χ3v) is 6.50. The van der Waals surface area contributed by atoms with Crippen LogP contribution < -0.4 is 0 Å². The van der Waals surface area contributed by atoms with Gasteiger partial charge in [0.2, 0.25) is 10.0 Å². The average molecular weight is 291 g/mol. The summed E-state index contributed by atoms with van der Waals surface area (Å²) >= 11 is 0. The minimum Gasteiger partial charge on any atom is -0.207 e. The first-order chi connectivity index (χ1) is 9.54. The van der Waals surface area contributed by atoms with E-state index in [1.54, 1.807) is 16.4 Å². The molecule has 4 rings (SSSR count). The standard InChI is InChI=1S/C16H21NO2S/c1-3-16-13-6-8-14(9-7-13)17(16)20(18,19)15-10-4-12(2)5-11-15/h4-6,8,10-11,13-14,16H,3,7,9H2,1-2H3/t13-,14+,16-/m1/s1. The Morgan fingerprint density at radius 2 is 1.85 bits per heavy atom. The van der Waals surface area contributed by atoms with Crippen LogP contribution in [0.5, 0.6) is 0 Å². The van der Waals surface area contributed by atoms with Crippen LogP contribution >= 0.6 is 0 Å². The molecule has 1 fully saturated rings. The van der Waals surface area contributed by atoms with Gasteiger partial charge in [0.25, 0.3) is 0 Å². The Hall–Kier alpha value is -1.13. The van der Waals surface area contributed by atoms with Crippen molar-refractivity contribution in [1.82, 2.24) is 4.31 Å². The maximum atomic E-state index is 12.9. The first-order valence-electron chi connectivity index (χ1n) is 7.32. The summed E-state index contributed by atoms with van der Waals surface area (Å²) in [5.74, 6) is 0.380. The van der Waals surface area contributed by atoms with Crippen LogP contribution in [0.2, 0.25) is 0 Å². The second kappa shape index (κ2) is 5.01. The maximum absolute atomic E-state index is 12.9. The van der Waals surface area contributed by atoms with Gasteiger partial charge in [-0.1, -0.05) is 36.8 Å². The molecule has 1 aromatic rings. The molecule has 20 heavy (non-hydrogen) atoms. The normalized spacial score (nSPS) is 29.8. The molecule has 0 amide bonds. The maximum Gasteiger partial charge on any atom is 0.243 e. The summed E-state index contributed by atoms with van der Waals surface area (Å²) in [7, 11) is -3.39. The van der Waals surface area contributed by atoms with Gasteiger partial charge in [0.1, 0.15) is 0 Å². The van der Waals surface area contributed by atoms with E-state index in [9.17, 15) is 8.42 Å². The van der Waals surface area contributed by atoms with Gasteiger partial charge < -0.3 is 0 Å². The van der Waals surface area contributed by atoms with E-state index >= 15 is 0 Å². The molecule has 2 bridgehead atoms. The molecule has 1 aromatic carbocycles. The van der Waals surface area contributed by atoms with Gasteiger partial charge in [-0.25, -0.2) is 8.42 Å². The fraction of sp³-hybridized carbons (Fsp3) is 0.500. The minimum absolute atomic E-state index is 0.0382. The van der Waals surface area contributed by atoms with Gasteiger partial charge in [0.15, 0.2) is 0 Å². The van der Waals surface area contributed by atoms with Crippen molar-refractivity contribution in [3.63, 3.8) is 0 Å². The number of rotatable bonds is 3. The Kier molecular flexibility index (Phi) is 3.46. The van der Waals surface area contributed by atoms with Gasteiger partial charge in [-0.15, -0.1) is 0 Å². The van der Waals surface area contributed by atoms with E-state index in [2.05, 4.69) is 19.1 Å². The van der Waals surface area contributed by atoms with Crippen molar-refractivity contribution in [2.24, 2.45) is 5.92 Å². The predicted octanol–water partition coefficient (Wildman–Crippen LogP) is 3.11. The molecule has 0 spiro atoms. The Morgan fingerprint density at radius 1 is 1.15 bits per heavy atom. The van der Waals surface area contributed by atoms with Crippen LogP contribution in [-0.4, -0.2) is 24.8 Å². The molecule has 4 heteroatoms. The number of sulfonamides is 1. The molecule has 0 aromatic heterocycles. The Bertz CT molecular complexity index is 618. The predicted molar refractivity (Wildman–Crippen MR) is 79.9 cm³/mol. The molecule has 1 saturated heterocycles. The number of hydrogen-bond acceptors (Lipinski definition) is 2. The third-order valence-electron chi connectivity index (χ3n) is 4.54. The summed E-state index contributed by atoms with van der Waals surface area (Å²) in [6.45, 7) is 4.05. The molecule has 0 unspecified atom stereocenters. The molecule has 3 aliphatic rings. The third kappa shape index (κ3) is 2.11. The van der Waals surface area contributed by atoms with Crippen molar-refractivity contribution < 1.29 is 8.42 Å². The van der Waals surface area contributed by atoms with Crippen LogP contribution in [0.15, 0.2) is 41.3 Å². The van der Waals surface area contributed by atoms with Crippen molar-refractivity contribution in [2.75, 3.05) is 0 Å². The van der Waals surface area contributed by atoms with Gasteiger partial charge in [-0.05, 0) is 44.2 Å². The molecule has 1 aliphatic carbocycles. The van der Waals surface area contributed by atoms with Crippen LogP contribution in [0.1, 0.15) is 31.7 Å². The lowest BCUT2D eigenvalue weighted by Crippen LogP contribution is -2.54. The Balaban J connectivity index is 2.02. The first kappa shape index (κ1) is 13.8. The zero-order valence-corrected chi connectivity index (χ0v) is 12.8. The van der Waals surface area contributed by atoms with Crippen molar-refractivity contribution >= 4 is 10.0 Å². The van der Waals surface area contributed by atoms with Gasteiger partial charge in [-0.3, -0.25) is 0 Å². The zero-order chi connectivity index (χ0) is 14.3. The number of fused-ring (bicyclic) bond motifs is 2. The minimum atomic E-state index is -3.39. The second-order valence-corrected chi connectivity index (χ2v) is 7.66. The fourth-order valence-corrected chi connectivity index (χ4v) is 5.38. The fourth-order valence-electron chi connectivity index (χ4n) is 3.47. The quantitative estimate of drug-likeness (QED) is 0.802. The molecule has 2 aliphatic heterocycles. The topological polar surface area (TPSA) is 37.4 Å².